The lowest BCUT2D eigenvalue weighted by Crippen LogP contribution is -2.03. The van der Waals surface area contributed by atoms with Gasteiger partial charge in [0, 0.05) is 5.56 Å². The third kappa shape index (κ3) is 3.66. The fourth-order valence-corrected chi connectivity index (χ4v) is 1.79. The van der Waals surface area contributed by atoms with Gasteiger partial charge in [-0.25, -0.2) is 4.79 Å². The smallest absolute Gasteiger partial charge is 0.374 e. The molecule has 0 spiro atoms. The van der Waals surface area contributed by atoms with Gasteiger partial charge in [-0.2, -0.15) is 0 Å². The van der Waals surface area contributed by atoms with Crippen LogP contribution >= 0.6 is 0 Å². The van der Waals surface area contributed by atoms with E-state index in [1.54, 1.807) is 31.2 Å². The van der Waals surface area contributed by atoms with Crippen LogP contribution in [0.5, 0.6) is 11.5 Å². The normalized spacial score (nSPS) is 10.1. The summed E-state index contributed by atoms with van der Waals surface area (Å²) in [6.07, 6.45) is 0.727. The Morgan fingerprint density at radius 3 is 2.73 bits per heavy atom. The zero-order valence-electron chi connectivity index (χ0n) is 12.3. The van der Waals surface area contributed by atoms with Crippen LogP contribution in [0.1, 0.15) is 33.6 Å². The van der Waals surface area contributed by atoms with Crippen LogP contribution in [0, 0.1) is 0 Å². The number of carbonyl (C=O) groups excluding carboxylic acids is 2. The first kappa shape index (κ1) is 15.6. The molecular formula is C16H16O6. The van der Waals surface area contributed by atoms with Gasteiger partial charge < -0.3 is 18.6 Å². The van der Waals surface area contributed by atoms with Crippen molar-refractivity contribution in [3.63, 3.8) is 0 Å². The Hall–Kier alpha value is -2.76. The number of furan rings is 1. The van der Waals surface area contributed by atoms with E-state index in [-0.39, 0.29) is 19.0 Å². The second-order valence-corrected chi connectivity index (χ2v) is 4.30. The van der Waals surface area contributed by atoms with Crippen molar-refractivity contribution in [2.24, 2.45) is 0 Å². The number of carbonyl (C=O) groups is 2. The molecule has 0 amide bonds. The van der Waals surface area contributed by atoms with E-state index >= 15 is 0 Å². The Balaban J connectivity index is 2.04. The number of rotatable bonds is 7. The number of methoxy groups -OCH3 is 1. The van der Waals surface area contributed by atoms with Crippen LogP contribution in [0.3, 0.4) is 0 Å². The van der Waals surface area contributed by atoms with Crippen molar-refractivity contribution in [3.8, 4) is 11.5 Å². The van der Waals surface area contributed by atoms with E-state index < -0.39 is 5.97 Å². The summed E-state index contributed by atoms with van der Waals surface area (Å²) in [5.41, 5.74) is 0.492. The van der Waals surface area contributed by atoms with Gasteiger partial charge in [-0.15, -0.1) is 0 Å². The molecule has 0 saturated carbocycles. The molecule has 0 saturated heterocycles. The summed E-state index contributed by atoms with van der Waals surface area (Å²) in [6.45, 7) is 2.13. The topological polar surface area (TPSA) is 75.0 Å². The second kappa shape index (κ2) is 7.31. The standard InChI is InChI=1S/C16H16O6/c1-3-20-16(18)14-7-5-12(22-14)10-21-13-6-4-11(9-17)8-15(13)19-2/h4-9H,3,10H2,1-2H3. The maximum atomic E-state index is 11.5. The van der Waals surface area contributed by atoms with Crippen molar-refractivity contribution >= 4 is 12.3 Å². The van der Waals surface area contributed by atoms with E-state index in [0.29, 0.717) is 22.8 Å². The summed E-state index contributed by atoms with van der Waals surface area (Å²) in [7, 11) is 1.49. The Labute approximate surface area is 127 Å². The molecule has 6 heteroatoms. The van der Waals surface area contributed by atoms with E-state index in [4.69, 9.17) is 18.6 Å². The Kier molecular flexibility index (Phi) is 5.19. The van der Waals surface area contributed by atoms with Gasteiger partial charge in [-0.3, -0.25) is 4.79 Å². The van der Waals surface area contributed by atoms with Crippen molar-refractivity contribution in [3.05, 3.63) is 47.4 Å². The van der Waals surface area contributed by atoms with Crippen LogP contribution in [-0.2, 0) is 11.3 Å². The fourth-order valence-electron chi connectivity index (χ4n) is 1.79. The van der Waals surface area contributed by atoms with Gasteiger partial charge in [0.2, 0.25) is 5.76 Å². The van der Waals surface area contributed by atoms with E-state index in [1.807, 2.05) is 0 Å². The molecule has 0 radical (unpaired) electrons. The van der Waals surface area contributed by atoms with E-state index in [2.05, 4.69) is 0 Å². The van der Waals surface area contributed by atoms with Crippen LogP contribution in [-0.4, -0.2) is 26.0 Å². The highest BCUT2D eigenvalue weighted by Gasteiger charge is 2.13. The Morgan fingerprint density at radius 1 is 1.23 bits per heavy atom. The molecule has 116 valence electrons. The van der Waals surface area contributed by atoms with Gasteiger partial charge in [0.25, 0.3) is 0 Å². The molecule has 1 aromatic heterocycles. The SMILES string of the molecule is CCOC(=O)c1ccc(COc2ccc(C=O)cc2OC)o1. The molecule has 0 atom stereocenters. The van der Waals surface area contributed by atoms with Crippen molar-refractivity contribution in [1.82, 2.24) is 0 Å². The molecule has 1 aromatic carbocycles. The quantitative estimate of drug-likeness (QED) is 0.578. The molecule has 0 N–H and O–H groups in total. The Bertz CT molecular complexity index is 658. The lowest BCUT2D eigenvalue weighted by Gasteiger charge is -2.09. The lowest BCUT2D eigenvalue weighted by atomic mass is 10.2. The van der Waals surface area contributed by atoms with Crippen molar-refractivity contribution in [1.29, 1.82) is 0 Å². The summed E-state index contributed by atoms with van der Waals surface area (Å²) in [5, 5.41) is 0. The van der Waals surface area contributed by atoms with Crippen molar-refractivity contribution < 1.29 is 28.2 Å². The number of benzene rings is 1. The average Bonchev–Trinajstić information content (AvgIpc) is 3.02. The lowest BCUT2D eigenvalue weighted by molar-refractivity contribution is 0.0486. The summed E-state index contributed by atoms with van der Waals surface area (Å²) in [4.78, 5) is 22.2. The van der Waals surface area contributed by atoms with Crippen LogP contribution in [0.2, 0.25) is 0 Å². The maximum absolute atomic E-state index is 11.5. The highest BCUT2D eigenvalue weighted by molar-refractivity contribution is 5.86. The molecule has 1 heterocycles. The summed E-state index contributed by atoms with van der Waals surface area (Å²) in [6, 6.07) is 8.01. The highest BCUT2D eigenvalue weighted by Crippen LogP contribution is 2.28. The van der Waals surface area contributed by atoms with E-state index in [0.717, 1.165) is 6.29 Å². The van der Waals surface area contributed by atoms with Crippen LogP contribution in [0.15, 0.2) is 34.7 Å². The van der Waals surface area contributed by atoms with Gasteiger partial charge in [0.05, 0.1) is 13.7 Å². The number of hydrogen-bond acceptors (Lipinski definition) is 6. The van der Waals surface area contributed by atoms with E-state index in [9.17, 15) is 9.59 Å². The maximum Gasteiger partial charge on any atom is 0.374 e. The fraction of sp³-hybridized carbons (Fsp3) is 0.250. The minimum absolute atomic E-state index is 0.121. The Morgan fingerprint density at radius 2 is 2.05 bits per heavy atom. The number of esters is 1. The van der Waals surface area contributed by atoms with Gasteiger partial charge in [0.15, 0.2) is 11.5 Å². The number of aldehydes is 1. The molecule has 6 nitrogen and oxygen atoms in total. The zero-order chi connectivity index (χ0) is 15.9. The highest BCUT2D eigenvalue weighted by atomic mass is 16.5. The molecule has 22 heavy (non-hydrogen) atoms. The van der Waals surface area contributed by atoms with Crippen LogP contribution < -0.4 is 9.47 Å². The molecule has 2 aromatic rings. The largest absolute Gasteiger partial charge is 0.493 e. The summed E-state index contributed by atoms with van der Waals surface area (Å²) >= 11 is 0. The molecular weight excluding hydrogens is 288 g/mol. The summed E-state index contributed by atoms with van der Waals surface area (Å²) < 4.78 is 20.9. The van der Waals surface area contributed by atoms with Crippen LogP contribution in [0.4, 0.5) is 0 Å². The minimum atomic E-state index is -0.512. The zero-order valence-corrected chi connectivity index (χ0v) is 12.3. The molecule has 0 aliphatic carbocycles. The monoisotopic (exact) mass is 304 g/mol. The molecule has 0 fully saturated rings. The minimum Gasteiger partial charge on any atom is -0.493 e. The second-order valence-electron chi connectivity index (χ2n) is 4.30. The van der Waals surface area contributed by atoms with Gasteiger partial charge in [-0.05, 0) is 37.3 Å². The first-order valence-electron chi connectivity index (χ1n) is 6.69. The predicted molar refractivity (Wildman–Crippen MR) is 77.4 cm³/mol. The van der Waals surface area contributed by atoms with Gasteiger partial charge in [0.1, 0.15) is 18.7 Å². The molecule has 0 aliphatic heterocycles. The van der Waals surface area contributed by atoms with Gasteiger partial charge >= 0.3 is 5.97 Å². The predicted octanol–water partition coefficient (Wildman–Crippen LogP) is 2.86. The first-order valence-corrected chi connectivity index (χ1v) is 6.69. The summed E-state index contributed by atoms with van der Waals surface area (Å²) in [5.74, 6) is 1.01. The van der Waals surface area contributed by atoms with E-state index in [1.165, 1.54) is 13.2 Å². The third-order valence-corrected chi connectivity index (χ3v) is 2.83. The molecule has 0 aliphatic rings. The number of ether oxygens (including phenoxy) is 3. The van der Waals surface area contributed by atoms with Crippen molar-refractivity contribution in [2.75, 3.05) is 13.7 Å². The average molecular weight is 304 g/mol. The van der Waals surface area contributed by atoms with Gasteiger partial charge in [-0.1, -0.05) is 0 Å². The first-order chi connectivity index (χ1) is 10.7. The third-order valence-electron chi connectivity index (χ3n) is 2.83. The molecule has 0 bridgehead atoms. The molecule has 2 rings (SSSR count). The van der Waals surface area contributed by atoms with Crippen LogP contribution in [0.25, 0.3) is 0 Å². The van der Waals surface area contributed by atoms with Crippen molar-refractivity contribution in [2.45, 2.75) is 13.5 Å². The molecule has 0 unspecified atom stereocenters. The number of hydrogen-bond donors (Lipinski definition) is 0.